The lowest BCUT2D eigenvalue weighted by Crippen LogP contribution is -2.57. The number of imidazole rings is 1. The van der Waals surface area contributed by atoms with Gasteiger partial charge in [0.1, 0.15) is 5.75 Å². The number of aromatic amines is 2. The second kappa shape index (κ2) is 10.1. The number of rotatable bonds is 7. The van der Waals surface area contributed by atoms with Crippen LogP contribution in [-0.2, 0) is 0 Å². The van der Waals surface area contributed by atoms with E-state index in [1.54, 1.807) is 13.4 Å². The molecular weight excluding hydrogens is 456 g/mol. The van der Waals surface area contributed by atoms with Gasteiger partial charge >= 0.3 is 11.6 Å². The summed E-state index contributed by atoms with van der Waals surface area (Å²) in [6, 6.07) is 7.31. The van der Waals surface area contributed by atoms with Gasteiger partial charge in [-0.05, 0) is 37.8 Å². The summed E-state index contributed by atoms with van der Waals surface area (Å²) in [7, 11) is 1.70. The number of fused-ring (bicyclic) bond motifs is 1. The number of nitrogens with one attached hydrogen (secondary N) is 4. The summed E-state index contributed by atoms with van der Waals surface area (Å²) in [5, 5.41) is 16.6. The zero-order valence-corrected chi connectivity index (χ0v) is 21.0. The van der Waals surface area contributed by atoms with Crippen LogP contribution < -0.4 is 25.3 Å². The highest BCUT2D eigenvalue weighted by molar-refractivity contribution is 5.82. The van der Waals surface area contributed by atoms with Crippen LogP contribution in [0.5, 0.6) is 5.75 Å². The van der Waals surface area contributed by atoms with Crippen molar-refractivity contribution in [3.63, 3.8) is 0 Å². The molecule has 6 rings (SSSR count). The van der Waals surface area contributed by atoms with E-state index in [1.165, 1.54) is 32.1 Å². The first-order valence-electron chi connectivity index (χ1n) is 13.3. The van der Waals surface area contributed by atoms with Gasteiger partial charge in [-0.1, -0.05) is 24.2 Å². The Bertz CT molecular complexity index is 1180. The first-order valence-corrected chi connectivity index (χ1v) is 13.3. The number of aromatic nitrogens is 4. The van der Waals surface area contributed by atoms with Gasteiger partial charge in [0.15, 0.2) is 12.1 Å². The summed E-state index contributed by atoms with van der Waals surface area (Å²) in [4.78, 5) is 20.7. The number of hydrogen-bond acceptors (Lipinski definition) is 8. The van der Waals surface area contributed by atoms with Gasteiger partial charge in [0.2, 0.25) is 5.52 Å². The predicted molar refractivity (Wildman–Crippen MR) is 140 cm³/mol. The third-order valence-corrected chi connectivity index (χ3v) is 7.95. The molecule has 2 aliphatic heterocycles. The van der Waals surface area contributed by atoms with E-state index in [4.69, 9.17) is 9.72 Å². The molecule has 0 atom stereocenters. The average molecular weight is 494 g/mol. The highest BCUT2D eigenvalue weighted by Crippen LogP contribution is 2.34. The van der Waals surface area contributed by atoms with Crippen LogP contribution in [0.2, 0.25) is 0 Å². The van der Waals surface area contributed by atoms with E-state index in [9.17, 15) is 5.11 Å². The molecule has 4 heterocycles. The second-order valence-corrected chi connectivity index (χ2v) is 10.4. The second-order valence-electron chi connectivity index (χ2n) is 10.4. The molecular formula is C26H37N8O2+. The van der Waals surface area contributed by atoms with E-state index in [2.05, 4.69) is 53.6 Å². The Balaban J connectivity index is 1.17. The summed E-state index contributed by atoms with van der Waals surface area (Å²) in [6.07, 6.45) is 10.1. The van der Waals surface area contributed by atoms with Crippen molar-refractivity contribution in [2.75, 3.05) is 48.8 Å². The molecule has 2 saturated heterocycles. The summed E-state index contributed by atoms with van der Waals surface area (Å²) in [5.74, 6) is 2.12. The fourth-order valence-corrected chi connectivity index (χ4v) is 5.85. The van der Waals surface area contributed by atoms with E-state index < -0.39 is 0 Å². The van der Waals surface area contributed by atoms with Crippen molar-refractivity contribution in [2.24, 2.45) is 0 Å². The van der Waals surface area contributed by atoms with Crippen LogP contribution in [0.4, 0.5) is 23.1 Å². The van der Waals surface area contributed by atoms with Gasteiger partial charge in [-0.3, -0.25) is 9.88 Å². The molecule has 3 aromatic rings. The number of benzene rings is 1. The number of aliphatic hydroxyl groups is 1. The van der Waals surface area contributed by atoms with Gasteiger partial charge in [0.05, 0.1) is 18.9 Å². The lowest BCUT2D eigenvalue weighted by atomic mass is 9.95. The molecule has 10 heteroatoms. The maximum atomic E-state index is 9.61. The molecule has 1 aliphatic carbocycles. The van der Waals surface area contributed by atoms with Gasteiger partial charge in [-0.2, -0.15) is 4.98 Å². The fourth-order valence-electron chi connectivity index (χ4n) is 5.85. The summed E-state index contributed by atoms with van der Waals surface area (Å²) in [6.45, 7) is 3.66. The van der Waals surface area contributed by atoms with Crippen molar-refractivity contribution in [1.82, 2.24) is 19.9 Å². The number of methoxy groups -OCH3 is 1. The molecule has 3 aliphatic rings. The molecule has 0 amide bonds. The van der Waals surface area contributed by atoms with Crippen LogP contribution >= 0.6 is 0 Å². The van der Waals surface area contributed by atoms with Crippen LogP contribution in [0, 0.1) is 0 Å². The smallest absolute Gasteiger partial charge is 0.307 e. The zero-order valence-electron chi connectivity index (χ0n) is 21.0. The van der Waals surface area contributed by atoms with E-state index in [0.717, 1.165) is 73.1 Å². The molecule has 0 radical (unpaired) electrons. The van der Waals surface area contributed by atoms with E-state index in [1.807, 2.05) is 0 Å². The maximum absolute atomic E-state index is 9.61. The van der Waals surface area contributed by atoms with Crippen LogP contribution in [0.1, 0.15) is 44.9 Å². The third kappa shape index (κ3) is 4.79. The molecule has 0 bridgehead atoms. The maximum Gasteiger partial charge on any atom is 0.307 e. The standard InChI is InChI=1S/C26H36N8O2/c1-36-22-13-19(33-11-9-18(10-12-33)34-14-20(35)15-34)7-8-21(22)30-26-31-24-23(27-16-28-24)25(32-26)29-17-5-3-2-4-6-17/h7-8,13,16-18,20,35H,2-6,9-12,14-15H2,1H3,(H3,27,28,29,30,31,32)/p+1. The average Bonchev–Trinajstić information content (AvgIpc) is 3.37. The third-order valence-electron chi connectivity index (χ3n) is 7.95. The normalized spacial score (nSPS) is 20.4. The molecule has 3 fully saturated rings. The molecule has 5 N–H and O–H groups in total. The van der Waals surface area contributed by atoms with Crippen LogP contribution in [0.15, 0.2) is 24.5 Å². The summed E-state index contributed by atoms with van der Waals surface area (Å²) in [5.41, 5.74) is 3.65. The molecule has 0 spiro atoms. The zero-order chi connectivity index (χ0) is 24.5. The topological polar surface area (TPSA) is 116 Å². The van der Waals surface area contributed by atoms with Crippen LogP contribution in [0.25, 0.3) is 11.2 Å². The Hall–Kier alpha value is -3.11. The van der Waals surface area contributed by atoms with Crippen molar-refractivity contribution in [1.29, 1.82) is 0 Å². The predicted octanol–water partition coefficient (Wildman–Crippen LogP) is 2.91. The first-order chi connectivity index (χ1) is 17.7. The molecule has 2 aromatic heterocycles. The minimum Gasteiger partial charge on any atom is -0.494 e. The molecule has 0 unspecified atom stereocenters. The monoisotopic (exact) mass is 493 g/mol. The first kappa shape index (κ1) is 23.3. The van der Waals surface area contributed by atoms with Crippen LogP contribution in [-0.4, -0.2) is 76.4 Å². The van der Waals surface area contributed by atoms with Gasteiger partial charge in [0.25, 0.3) is 0 Å². The van der Waals surface area contributed by atoms with Gasteiger partial charge < -0.3 is 25.4 Å². The fraction of sp³-hybridized carbons (Fsp3) is 0.577. The lowest BCUT2D eigenvalue weighted by Gasteiger charge is -2.45. The Morgan fingerprint density at radius 2 is 1.89 bits per heavy atom. The number of H-pyrrole nitrogens is 2. The Labute approximate surface area is 211 Å². The summed E-state index contributed by atoms with van der Waals surface area (Å²) >= 11 is 0. The number of ether oxygens (including phenoxy) is 1. The molecule has 1 saturated carbocycles. The number of hydrogen-bond donors (Lipinski definition) is 4. The van der Waals surface area contributed by atoms with Gasteiger partial charge in [0, 0.05) is 50.0 Å². The van der Waals surface area contributed by atoms with E-state index >= 15 is 0 Å². The van der Waals surface area contributed by atoms with Crippen molar-refractivity contribution < 1.29 is 14.8 Å². The minimum atomic E-state index is -0.133. The van der Waals surface area contributed by atoms with Crippen molar-refractivity contribution in [3.05, 3.63) is 24.5 Å². The summed E-state index contributed by atoms with van der Waals surface area (Å²) < 4.78 is 5.76. The quantitative estimate of drug-likeness (QED) is 0.397. The Morgan fingerprint density at radius 3 is 2.64 bits per heavy atom. The lowest BCUT2D eigenvalue weighted by molar-refractivity contribution is -0.347. The van der Waals surface area contributed by atoms with Crippen molar-refractivity contribution in [2.45, 2.75) is 63.1 Å². The number of likely N-dealkylation sites (tertiary alicyclic amines) is 1. The van der Waals surface area contributed by atoms with Crippen LogP contribution in [0.3, 0.4) is 0 Å². The number of β-amino-alcohol motifs (C(OH)–C–C–N with tert-alkyl or cyclic N) is 1. The largest absolute Gasteiger partial charge is 0.494 e. The highest BCUT2D eigenvalue weighted by Gasteiger charge is 2.33. The number of piperidine rings is 1. The molecule has 10 nitrogen and oxygen atoms in total. The Morgan fingerprint density at radius 1 is 1.08 bits per heavy atom. The minimum absolute atomic E-state index is 0.133. The molecule has 1 aromatic carbocycles. The van der Waals surface area contributed by atoms with Gasteiger partial charge in [-0.15, -0.1) is 0 Å². The highest BCUT2D eigenvalue weighted by atomic mass is 16.5. The molecule has 36 heavy (non-hydrogen) atoms. The number of anilines is 4. The van der Waals surface area contributed by atoms with Gasteiger partial charge in [-0.25, -0.2) is 4.98 Å². The Kier molecular flexibility index (Phi) is 6.54. The number of aliphatic hydroxyl groups excluding tert-OH is 1. The van der Waals surface area contributed by atoms with Crippen molar-refractivity contribution in [3.8, 4) is 5.75 Å². The SMILES string of the molecule is COc1cc(N2CCC(N3CC(O)C3)CC2)ccc1Nc1nc(NC2CCCCC2)c2[nH]c[nH+]c2n1. The van der Waals surface area contributed by atoms with E-state index in [-0.39, 0.29) is 6.10 Å². The molecule has 192 valence electrons. The van der Waals surface area contributed by atoms with E-state index in [0.29, 0.717) is 18.0 Å². The number of nitrogens with zero attached hydrogens (tertiary/aromatic N) is 4. The van der Waals surface area contributed by atoms with Crippen molar-refractivity contribution >= 4 is 34.3 Å².